The number of benzene rings is 2. The van der Waals surface area contributed by atoms with Crippen molar-refractivity contribution in [2.45, 2.75) is 26.3 Å². The van der Waals surface area contributed by atoms with Crippen molar-refractivity contribution in [3.05, 3.63) is 96.3 Å². The maximum Gasteiger partial charge on any atom is 0.0400 e. The number of hydrogen-bond acceptors (Lipinski definition) is 0. The van der Waals surface area contributed by atoms with E-state index in [9.17, 15) is 0 Å². The van der Waals surface area contributed by atoms with E-state index in [1.807, 2.05) is 6.08 Å². The zero-order valence-corrected chi connectivity index (χ0v) is 13.7. The van der Waals surface area contributed by atoms with Gasteiger partial charge in [-0.05, 0) is 34.7 Å². The number of rotatable bonds is 6. The van der Waals surface area contributed by atoms with Gasteiger partial charge in [-0.3, -0.25) is 0 Å². The molecule has 0 aliphatic carbocycles. The first-order chi connectivity index (χ1) is 11.3. The van der Waals surface area contributed by atoms with Gasteiger partial charge in [0, 0.05) is 24.9 Å². The highest BCUT2D eigenvalue weighted by atomic mass is 15.0. The molecule has 0 aliphatic rings. The van der Waals surface area contributed by atoms with Gasteiger partial charge in [0.05, 0.1) is 0 Å². The van der Waals surface area contributed by atoms with Crippen LogP contribution in [0.4, 0.5) is 0 Å². The van der Waals surface area contributed by atoms with Crippen molar-refractivity contribution < 1.29 is 0 Å². The molecule has 0 aliphatic heterocycles. The molecular formula is C22H23N. The first-order valence-corrected chi connectivity index (χ1v) is 8.24. The van der Waals surface area contributed by atoms with Crippen molar-refractivity contribution in [1.29, 1.82) is 0 Å². The Morgan fingerprint density at radius 1 is 0.913 bits per heavy atom. The number of allylic oxidation sites excluding steroid dienone is 1. The van der Waals surface area contributed by atoms with Crippen LogP contribution in [0, 0.1) is 0 Å². The molecule has 3 rings (SSSR count). The molecule has 0 bridgehead atoms. The molecule has 0 fully saturated rings. The summed E-state index contributed by atoms with van der Waals surface area (Å²) in [6.07, 6.45) is 6.16. The fraction of sp³-hybridized carbons (Fsp3) is 0.182. The fourth-order valence-corrected chi connectivity index (χ4v) is 3.15. The number of aryl methyl sites for hydroxylation is 1. The minimum Gasteiger partial charge on any atom is -0.347 e. The van der Waals surface area contributed by atoms with Gasteiger partial charge in [-0.15, -0.1) is 6.58 Å². The summed E-state index contributed by atoms with van der Waals surface area (Å²) in [5, 5.41) is 0. The van der Waals surface area contributed by atoms with Crippen LogP contribution in [-0.2, 0) is 19.4 Å². The molecule has 1 nitrogen and oxygen atoms in total. The van der Waals surface area contributed by atoms with Crippen LogP contribution >= 0.6 is 0 Å². The van der Waals surface area contributed by atoms with Gasteiger partial charge in [0.2, 0.25) is 0 Å². The van der Waals surface area contributed by atoms with Crippen molar-refractivity contribution in [3.63, 3.8) is 0 Å². The summed E-state index contributed by atoms with van der Waals surface area (Å²) in [6, 6.07) is 21.6. The van der Waals surface area contributed by atoms with E-state index in [0.717, 1.165) is 19.4 Å². The van der Waals surface area contributed by atoms with Crippen molar-refractivity contribution in [1.82, 2.24) is 4.57 Å². The second kappa shape index (κ2) is 7.15. The van der Waals surface area contributed by atoms with Gasteiger partial charge in [-0.25, -0.2) is 0 Å². The predicted octanol–water partition coefficient (Wildman–Crippen LogP) is 5.49. The van der Waals surface area contributed by atoms with Crippen molar-refractivity contribution in [2.75, 3.05) is 0 Å². The average molecular weight is 301 g/mol. The SMILES string of the molecule is C=CCn1ccc(CC)c1Cc1ccccc1-c1ccccc1. The van der Waals surface area contributed by atoms with E-state index in [4.69, 9.17) is 0 Å². The van der Waals surface area contributed by atoms with E-state index in [-0.39, 0.29) is 0 Å². The Morgan fingerprint density at radius 2 is 1.65 bits per heavy atom. The van der Waals surface area contributed by atoms with Crippen LogP contribution in [0.5, 0.6) is 0 Å². The van der Waals surface area contributed by atoms with Crippen LogP contribution in [0.2, 0.25) is 0 Å². The monoisotopic (exact) mass is 301 g/mol. The van der Waals surface area contributed by atoms with Crippen LogP contribution in [0.15, 0.2) is 79.5 Å². The van der Waals surface area contributed by atoms with E-state index in [2.05, 4.69) is 84.9 Å². The van der Waals surface area contributed by atoms with E-state index in [0.29, 0.717) is 0 Å². The van der Waals surface area contributed by atoms with Gasteiger partial charge >= 0.3 is 0 Å². The Balaban J connectivity index is 2.02. The van der Waals surface area contributed by atoms with Gasteiger partial charge in [0.15, 0.2) is 0 Å². The molecule has 0 unspecified atom stereocenters. The summed E-state index contributed by atoms with van der Waals surface area (Å²) in [7, 11) is 0. The molecule has 116 valence electrons. The molecule has 23 heavy (non-hydrogen) atoms. The molecule has 0 spiro atoms. The Bertz CT molecular complexity index is 781. The average Bonchev–Trinajstić information content (AvgIpc) is 2.98. The molecule has 1 aromatic heterocycles. The Morgan fingerprint density at radius 3 is 2.39 bits per heavy atom. The van der Waals surface area contributed by atoms with Gasteiger partial charge < -0.3 is 4.57 Å². The van der Waals surface area contributed by atoms with E-state index in [1.165, 1.54) is 27.9 Å². The maximum absolute atomic E-state index is 3.88. The predicted molar refractivity (Wildman–Crippen MR) is 98.7 cm³/mol. The lowest BCUT2D eigenvalue weighted by atomic mass is 9.95. The third-order valence-corrected chi connectivity index (χ3v) is 4.34. The van der Waals surface area contributed by atoms with Gasteiger partial charge in [0.1, 0.15) is 0 Å². The highest BCUT2D eigenvalue weighted by Gasteiger charge is 2.11. The highest BCUT2D eigenvalue weighted by Crippen LogP contribution is 2.27. The molecule has 3 aromatic rings. The molecule has 0 saturated carbocycles. The lowest BCUT2D eigenvalue weighted by Gasteiger charge is -2.13. The molecule has 0 saturated heterocycles. The number of hydrogen-bond donors (Lipinski definition) is 0. The summed E-state index contributed by atoms with van der Waals surface area (Å²) in [6.45, 7) is 6.97. The maximum atomic E-state index is 3.88. The summed E-state index contributed by atoms with van der Waals surface area (Å²) >= 11 is 0. The topological polar surface area (TPSA) is 4.93 Å². The first-order valence-electron chi connectivity index (χ1n) is 8.24. The standard InChI is InChI=1S/C22H23N/c1-3-15-23-16-14-18(4-2)22(23)17-20-12-8-9-13-21(20)19-10-6-5-7-11-19/h3,5-14,16H,1,4,15,17H2,2H3. The van der Waals surface area contributed by atoms with E-state index in [1.54, 1.807) is 0 Å². The Kier molecular flexibility index (Phi) is 4.77. The van der Waals surface area contributed by atoms with Crippen molar-refractivity contribution in [2.24, 2.45) is 0 Å². The van der Waals surface area contributed by atoms with Gasteiger partial charge in [-0.2, -0.15) is 0 Å². The minimum absolute atomic E-state index is 0.864. The van der Waals surface area contributed by atoms with Crippen LogP contribution in [-0.4, -0.2) is 4.57 Å². The second-order valence-electron chi connectivity index (χ2n) is 5.78. The molecule has 0 radical (unpaired) electrons. The zero-order chi connectivity index (χ0) is 16.1. The molecule has 0 atom stereocenters. The first kappa shape index (κ1) is 15.4. The third-order valence-electron chi connectivity index (χ3n) is 4.34. The summed E-state index contributed by atoms with van der Waals surface area (Å²) in [4.78, 5) is 0. The lowest BCUT2D eigenvalue weighted by molar-refractivity contribution is 0.770. The highest BCUT2D eigenvalue weighted by molar-refractivity contribution is 5.67. The third kappa shape index (κ3) is 3.29. The fourth-order valence-electron chi connectivity index (χ4n) is 3.15. The van der Waals surface area contributed by atoms with Crippen LogP contribution in [0.1, 0.15) is 23.7 Å². The van der Waals surface area contributed by atoms with Crippen LogP contribution in [0.3, 0.4) is 0 Å². The van der Waals surface area contributed by atoms with Crippen LogP contribution in [0.25, 0.3) is 11.1 Å². The Hall–Kier alpha value is -2.54. The lowest BCUT2D eigenvalue weighted by Crippen LogP contribution is -2.04. The zero-order valence-electron chi connectivity index (χ0n) is 13.7. The van der Waals surface area contributed by atoms with Crippen LogP contribution < -0.4 is 0 Å². The molecule has 1 heterocycles. The smallest absolute Gasteiger partial charge is 0.0400 e. The largest absolute Gasteiger partial charge is 0.347 e. The second-order valence-corrected chi connectivity index (χ2v) is 5.78. The minimum atomic E-state index is 0.864. The van der Waals surface area contributed by atoms with Crippen molar-refractivity contribution in [3.8, 4) is 11.1 Å². The molecular weight excluding hydrogens is 278 g/mol. The quantitative estimate of drug-likeness (QED) is 0.530. The van der Waals surface area contributed by atoms with E-state index < -0.39 is 0 Å². The summed E-state index contributed by atoms with van der Waals surface area (Å²) in [5.41, 5.74) is 6.80. The molecule has 0 amide bonds. The molecule has 2 aromatic carbocycles. The summed E-state index contributed by atoms with van der Waals surface area (Å²) < 4.78 is 2.31. The summed E-state index contributed by atoms with van der Waals surface area (Å²) in [5.74, 6) is 0. The molecule has 1 heteroatoms. The Labute approximate surface area is 138 Å². The van der Waals surface area contributed by atoms with E-state index >= 15 is 0 Å². The van der Waals surface area contributed by atoms with Gasteiger partial charge in [-0.1, -0.05) is 67.6 Å². The van der Waals surface area contributed by atoms with Gasteiger partial charge in [0.25, 0.3) is 0 Å². The van der Waals surface area contributed by atoms with Crippen molar-refractivity contribution >= 4 is 0 Å². The normalized spacial score (nSPS) is 10.7. The molecule has 0 N–H and O–H groups in total. The number of aromatic nitrogens is 1. The number of nitrogens with zero attached hydrogens (tertiary/aromatic N) is 1.